The molecule has 1 heterocycles. The predicted octanol–water partition coefficient (Wildman–Crippen LogP) is 1.61. The van der Waals surface area contributed by atoms with E-state index < -0.39 is 0 Å². The summed E-state index contributed by atoms with van der Waals surface area (Å²) in [5, 5.41) is 3.75. The van der Waals surface area contributed by atoms with Crippen LogP contribution in [0.25, 0.3) is 0 Å². The van der Waals surface area contributed by atoms with Crippen LogP contribution >= 0.6 is 0 Å². The first-order valence-electron chi connectivity index (χ1n) is 5.87. The summed E-state index contributed by atoms with van der Waals surface area (Å²) in [6.07, 6.45) is 7.00. The molecule has 76 valence electrons. The van der Waals surface area contributed by atoms with Crippen LogP contribution < -0.4 is 5.32 Å². The molecule has 13 heavy (non-hydrogen) atoms. The largest absolute Gasteiger partial charge is 0.311 e. The Kier molecular flexibility index (Phi) is 3.23. The van der Waals surface area contributed by atoms with Gasteiger partial charge in [-0.2, -0.15) is 0 Å². The van der Waals surface area contributed by atoms with Crippen LogP contribution in [0.2, 0.25) is 0 Å². The van der Waals surface area contributed by atoms with E-state index in [2.05, 4.69) is 17.1 Å². The van der Waals surface area contributed by atoms with Gasteiger partial charge in [0.05, 0.1) is 0 Å². The lowest BCUT2D eigenvalue weighted by Gasteiger charge is -2.18. The minimum atomic E-state index is 0.823. The monoisotopic (exact) mass is 182 g/mol. The van der Waals surface area contributed by atoms with Crippen LogP contribution in [0.5, 0.6) is 0 Å². The zero-order valence-corrected chi connectivity index (χ0v) is 8.76. The highest BCUT2D eigenvalue weighted by Crippen LogP contribution is 2.22. The Hall–Kier alpha value is -0.0800. The molecule has 1 saturated carbocycles. The van der Waals surface area contributed by atoms with E-state index in [4.69, 9.17) is 0 Å². The van der Waals surface area contributed by atoms with Gasteiger partial charge < -0.3 is 10.2 Å². The van der Waals surface area contributed by atoms with Crippen LogP contribution in [-0.2, 0) is 0 Å². The van der Waals surface area contributed by atoms with Crippen molar-refractivity contribution >= 4 is 0 Å². The highest BCUT2D eigenvalue weighted by molar-refractivity contribution is 4.86. The molecule has 1 aliphatic carbocycles. The molecule has 2 heteroatoms. The summed E-state index contributed by atoms with van der Waals surface area (Å²) >= 11 is 0. The molecule has 0 amide bonds. The Labute approximate surface area is 81.7 Å². The van der Waals surface area contributed by atoms with Gasteiger partial charge in [0.2, 0.25) is 0 Å². The van der Waals surface area contributed by atoms with E-state index >= 15 is 0 Å². The van der Waals surface area contributed by atoms with Crippen molar-refractivity contribution in [2.75, 3.05) is 19.6 Å². The summed E-state index contributed by atoms with van der Waals surface area (Å²) < 4.78 is 0. The fourth-order valence-electron chi connectivity index (χ4n) is 2.22. The molecule has 1 saturated heterocycles. The lowest BCUT2D eigenvalue weighted by atomic mass is 10.1. The van der Waals surface area contributed by atoms with Crippen molar-refractivity contribution < 1.29 is 0 Å². The number of nitrogens with zero attached hydrogens (tertiary/aromatic N) is 1. The summed E-state index contributed by atoms with van der Waals surface area (Å²) in [5.74, 6) is 0. The molecule has 1 atom stereocenters. The molecule has 0 radical (unpaired) electrons. The Morgan fingerprint density at radius 1 is 1.08 bits per heavy atom. The van der Waals surface area contributed by atoms with Crippen molar-refractivity contribution in [1.82, 2.24) is 10.2 Å². The molecule has 1 unspecified atom stereocenters. The van der Waals surface area contributed by atoms with Gasteiger partial charge in [-0.1, -0.05) is 6.92 Å². The highest BCUT2D eigenvalue weighted by atomic mass is 15.1. The van der Waals surface area contributed by atoms with Crippen molar-refractivity contribution in [2.45, 2.75) is 51.1 Å². The van der Waals surface area contributed by atoms with Gasteiger partial charge in [0.25, 0.3) is 0 Å². The zero-order valence-electron chi connectivity index (χ0n) is 8.76. The van der Waals surface area contributed by atoms with Crippen molar-refractivity contribution in [2.24, 2.45) is 0 Å². The Morgan fingerprint density at radius 3 is 2.54 bits per heavy atom. The number of hydrogen-bond acceptors (Lipinski definition) is 2. The number of rotatable bonds is 3. The molecule has 0 aromatic carbocycles. The van der Waals surface area contributed by atoms with Crippen LogP contribution in [0, 0.1) is 0 Å². The third kappa shape index (κ3) is 2.96. The van der Waals surface area contributed by atoms with Crippen LogP contribution in [0.3, 0.4) is 0 Å². The molecular formula is C11H22N2. The summed E-state index contributed by atoms with van der Waals surface area (Å²) in [6.45, 7) is 6.13. The average Bonchev–Trinajstić information content (AvgIpc) is 2.93. The second kappa shape index (κ2) is 4.43. The van der Waals surface area contributed by atoms with Crippen molar-refractivity contribution in [3.05, 3.63) is 0 Å². The molecule has 0 aromatic rings. The maximum Gasteiger partial charge on any atom is 0.00823 e. The molecule has 2 rings (SSSR count). The highest BCUT2D eigenvalue weighted by Gasteiger charge is 2.25. The minimum Gasteiger partial charge on any atom is -0.311 e. The van der Waals surface area contributed by atoms with Crippen LogP contribution in [-0.4, -0.2) is 36.6 Å². The van der Waals surface area contributed by atoms with E-state index in [0.717, 1.165) is 12.1 Å². The van der Waals surface area contributed by atoms with E-state index in [-0.39, 0.29) is 0 Å². The molecule has 1 N–H and O–H groups in total. The van der Waals surface area contributed by atoms with Gasteiger partial charge in [0.1, 0.15) is 0 Å². The predicted molar refractivity (Wildman–Crippen MR) is 55.9 cm³/mol. The second-order valence-corrected chi connectivity index (χ2v) is 4.50. The third-order valence-electron chi connectivity index (χ3n) is 3.32. The van der Waals surface area contributed by atoms with Gasteiger partial charge in [-0.25, -0.2) is 0 Å². The van der Waals surface area contributed by atoms with E-state index in [1.807, 2.05) is 0 Å². The smallest absolute Gasteiger partial charge is 0.00823 e. The summed E-state index contributed by atoms with van der Waals surface area (Å²) in [4.78, 5) is 2.58. The second-order valence-electron chi connectivity index (χ2n) is 4.50. The lowest BCUT2D eigenvalue weighted by molar-refractivity contribution is 0.297. The molecular weight excluding hydrogens is 160 g/mol. The van der Waals surface area contributed by atoms with E-state index in [9.17, 15) is 0 Å². The van der Waals surface area contributed by atoms with Gasteiger partial charge in [-0.3, -0.25) is 0 Å². The van der Waals surface area contributed by atoms with Crippen LogP contribution in [0.1, 0.15) is 39.0 Å². The molecule has 2 fully saturated rings. The Morgan fingerprint density at radius 2 is 1.85 bits per heavy atom. The fourth-order valence-corrected chi connectivity index (χ4v) is 2.22. The van der Waals surface area contributed by atoms with Crippen molar-refractivity contribution in [3.63, 3.8) is 0 Å². The maximum absolute atomic E-state index is 3.75. The lowest BCUT2D eigenvalue weighted by Crippen LogP contribution is -2.32. The van der Waals surface area contributed by atoms with Crippen molar-refractivity contribution in [3.8, 4) is 0 Å². The number of likely N-dealkylation sites (tertiary alicyclic amines) is 1. The quantitative estimate of drug-likeness (QED) is 0.713. The summed E-state index contributed by atoms with van der Waals surface area (Å²) in [5.41, 5.74) is 0. The molecule has 0 bridgehead atoms. The molecule has 0 aromatic heterocycles. The molecule has 1 aliphatic heterocycles. The Bertz CT molecular complexity index is 154. The molecule has 2 nitrogen and oxygen atoms in total. The van der Waals surface area contributed by atoms with Gasteiger partial charge >= 0.3 is 0 Å². The standard InChI is InChI=1S/C11H22N2/c1-2-13-8-3-4-10(7-9-13)12-11-5-6-11/h10-12H,2-9H2,1H3. The molecule has 0 spiro atoms. The van der Waals surface area contributed by atoms with Gasteiger partial charge in [-0.05, 0) is 51.7 Å². The fraction of sp³-hybridized carbons (Fsp3) is 1.00. The third-order valence-corrected chi connectivity index (χ3v) is 3.32. The maximum atomic E-state index is 3.75. The zero-order chi connectivity index (χ0) is 9.10. The first-order chi connectivity index (χ1) is 6.38. The summed E-state index contributed by atoms with van der Waals surface area (Å²) in [7, 11) is 0. The number of hydrogen-bond donors (Lipinski definition) is 1. The SMILES string of the molecule is CCN1CCCC(NC2CC2)CC1. The number of nitrogens with one attached hydrogen (secondary N) is 1. The van der Waals surface area contributed by atoms with Crippen molar-refractivity contribution in [1.29, 1.82) is 0 Å². The first-order valence-corrected chi connectivity index (χ1v) is 5.87. The van der Waals surface area contributed by atoms with E-state index in [1.54, 1.807) is 0 Å². The average molecular weight is 182 g/mol. The van der Waals surface area contributed by atoms with Gasteiger partial charge in [0, 0.05) is 12.1 Å². The van der Waals surface area contributed by atoms with Crippen LogP contribution in [0.4, 0.5) is 0 Å². The minimum absolute atomic E-state index is 0.823. The first kappa shape index (κ1) is 9.47. The molecule has 2 aliphatic rings. The van der Waals surface area contributed by atoms with E-state index in [1.165, 1.54) is 51.7 Å². The Balaban J connectivity index is 1.72. The summed E-state index contributed by atoms with van der Waals surface area (Å²) in [6, 6.07) is 1.71. The van der Waals surface area contributed by atoms with E-state index in [0.29, 0.717) is 0 Å². The van der Waals surface area contributed by atoms with Crippen LogP contribution in [0.15, 0.2) is 0 Å². The topological polar surface area (TPSA) is 15.3 Å². The van der Waals surface area contributed by atoms with Gasteiger partial charge in [-0.15, -0.1) is 0 Å². The normalized spacial score (nSPS) is 31.6. The van der Waals surface area contributed by atoms with Gasteiger partial charge in [0.15, 0.2) is 0 Å².